The van der Waals surface area contributed by atoms with Crippen molar-refractivity contribution in [1.29, 1.82) is 0 Å². The van der Waals surface area contributed by atoms with Crippen molar-refractivity contribution >= 4 is 23.4 Å². The predicted octanol–water partition coefficient (Wildman–Crippen LogP) is 4.23. The molecule has 0 aliphatic heterocycles. The summed E-state index contributed by atoms with van der Waals surface area (Å²) in [6, 6.07) is 16.4. The summed E-state index contributed by atoms with van der Waals surface area (Å²) in [6.07, 6.45) is 0. The van der Waals surface area contributed by atoms with Crippen LogP contribution in [0, 0.1) is 0 Å². The van der Waals surface area contributed by atoms with E-state index in [9.17, 15) is 0 Å². The highest BCUT2D eigenvalue weighted by atomic mass is 35.5. The number of halogens is 1. The van der Waals surface area contributed by atoms with E-state index in [0.717, 1.165) is 16.5 Å². The first-order valence-electron chi connectivity index (χ1n) is 5.88. The van der Waals surface area contributed by atoms with Gasteiger partial charge in [-0.25, -0.2) is 0 Å². The maximum Gasteiger partial charge on any atom is 0.0406 e. The third-order valence-electron chi connectivity index (χ3n) is 2.78. The molecule has 0 saturated heterocycles. The van der Waals surface area contributed by atoms with Crippen molar-refractivity contribution in [3.05, 3.63) is 70.2 Å². The number of hydrogen-bond donors (Lipinski definition) is 1. The van der Waals surface area contributed by atoms with Gasteiger partial charge in [-0.15, -0.1) is 0 Å². The number of thioether (sulfide) groups is 1. The van der Waals surface area contributed by atoms with Crippen LogP contribution < -0.4 is 5.73 Å². The zero-order valence-corrected chi connectivity index (χ0v) is 11.7. The summed E-state index contributed by atoms with van der Waals surface area (Å²) in [5.74, 6) is 1.99. The zero-order chi connectivity index (χ0) is 12.8. The Hall–Kier alpha value is -0.960. The predicted molar refractivity (Wildman–Crippen MR) is 80.8 cm³/mol. The Labute approximate surface area is 117 Å². The molecule has 0 saturated carbocycles. The first kappa shape index (κ1) is 13.5. The molecular weight excluding hydrogens is 262 g/mol. The van der Waals surface area contributed by atoms with Crippen molar-refractivity contribution in [2.24, 2.45) is 5.73 Å². The van der Waals surface area contributed by atoms with E-state index >= 15 is 0 Å². The van der Waals surface area contributed by atoms with Crippen LogP contribution in [0.5, 0.6) is 0 Å². The molecule has 0 atom stereocenters. The van der Waals surface area contributed by atoms with E-state index in [4.69, 9.17) is 17.3 Å². The molecule has 0 aliphatic carbocycles. The minimum atomic E-state index is 0.609. The summed E-state index contributed by atoms with van der Waals surface area (Å²) >= 11 is 7.76. The van der Waals surface area contributed by atoms with Crippen LogP contribution in [-0.4, -0.2) is 0 Å². The summed E-state index contributed by atoms with van der Waals surface area (Å²) in [5.41, 5.74) is 9.60. The van der Waals surface area contributed by atoms with Crippen molar-refractivity contribution in [1.82, 2.24) is 0 Å². The van der Waals surface area contributed by atoms with Crippen molar-refractivity contribution in [3.8, 4) is 0 Å². The topological polar surface area (TPSA) is 26.0 Å². The van der Waals surface area contributed by atoms with Crippen LogP contribution in [0.15, 0.2) is 48.5 Å². The second-order valence-corrected chi connectivity index (χ2v) is 5.51. The maximum absolute atomic E-state index is 5.86. The molecule has 2 aromatic rings. The molecular formula is C15H16ClNS. The fourth-order valence-corrected chi connectivity index (χ4v) is 2.91. The van der Waals surface area contributed by atoms with E-state index in [1.54, 1.807) is 0 Å². The van der Waals surface area contributed by atoms with Gasteiger partial charge in [0.05, 0.1) is 0 Å². The largest absolute Gasteiger partial charge is 0.326 e. The summed E-state index contributed by atoms with van der Waals surface area (Å²) in [5, 5.41) is 0.789. The fourth-order valence-electron chi connectivity index (χ4n) is 1.76. The molecule has 94 valence electrons. The molecule has 2 aromatic carbocycles. The van der Waals surface area contributed by atoms with Crippen molar-refractivity contribution < 1.29 is 0 Å². The van der Waals surface area contributed by atoms with Crippen LogP contribution in [0.3, 0.4) is 0 Å². The highest BCUT2D eigenvalue weighted by Gasteiger charge is 2.00. The second kappa shape index (κ2) is 6.83. The summed E-state index contributed by atoms with van der Waals surface area (Å²) < 4.78 is 0. The molecule has 0 aliphatic rings. The number of benzene rings is 2. The smallest absolute Gasteiger partial charge is 0.0406 e. The van der Waals surface area contributed by atoms with Crippen LogP contribution in [0.1, 0.15) is 16.7 Å². The summed E-state index contributed by atoms with van der Waals surface area (Å²) in [4.78, 5) is 0. The molecule has 0 aromatic heterocycles. The van der Waals surface area contributed by atoms with Crippen molar-refractivity contribution in [3.63, 3.8) is 0 Å². The third-order valence-corrected chi connectivity index (χ3v) is 4.08. The first-order chi connectivity index (χ1) is 8.79. The van der Waals surface area contributed by atoms with Gasteiger partial charge in [0.2, 0.25) is 0 Å². The third kappa shape index (κ3) is 3.77. The number of hydrogen-bond acceptors (Lipinski definition) is 2. The highest BCUT2D eigenvalue weighted by molar-refractivity contribution is 7.97. The van der Waals surface area contributed by atoms with Crippen LogP contribution in [-0.2, 0) is 18.1 Å². The molecule has 3 heteroatoms. The van der Waals surface area contributed by atoms with Gasteiger partial charge in [0, 0.05) is 23.1 Å². The average Bonchev–Trinajstić information content (AvgIpc) is 2.41. The quantitative estimate of drug-likeness (QED) is 0.885. The van der Waals surface area contributed by atoms with Gasteiger partial charge >= 0.3 is 0 Å². The number of rotatable bonds is 5. The molecule has 0 amide bonds. The molecule has 2 rings (SSSR count). The second-order valence-electron chi connectivity index (χ2n) is 4.09. The highest BCUT2D eigenvalue weighted by Crippen LogP contribution is 2.21. The van der Waals surface area contributed by atoms with Gasteiger partial charge < -0.3 is 5.73 Å². The van der Waals surface area contributed by atoms with Gasteiger partial charge in [-0.2, -0.15) is 11.8 Å². The molecule has 0 spiro atoms. The SMILES string of the molecule is NCc1ccccc1CSCc1ccc(Cl)cc1. The average molecular weight is 278 g/mol. The van der Waals surface area contributed by atoms with E-state index in [2.05, 4.69) is 30.3 Å². The lowest BCUT2D eigenvalue weighted by Gasteiger charge is -2.07. The Morgan fingerprint density at radius 3 is 2.22 bits per heavy atom. The molecule has 0 heterocycles. The van der Waals surface area contributed by atoms with Gasteiger partial charge in [0.1, 0.15) is 0 Å². The van der Waals surface area contributed by atoms with Crippen LogP contribution in [0.2, 0.25) is 5.02 Å². The van der Waals surface area contributed by atoms with E-state index in [1.165, 1.54) is 16.7 Å². The Bertz CT molecular complexity index is 496. The lowest BCUT2D eigenvalue weighted by Crippen LogP contribution is -2.00. The molecule has 0 unspecified atom stereocenters. The van der Waals surface area contributed by atoms with E-state index in [-0.39, 0.29) is 0 Å². The zero-order valence-electron chi connectivity index (χ0n) is 10.1. The fraction of sp³-hybridized carbons (Fsp3) is 0.200. The molecule has 1 nitrogen and oxygen atoms in total. The lowest BCUT2D eigenvalue weighted by molar-refractivity contribution is 1.04. The van der Waals surface area contributed by atoms with Crippen LogP contribution in [0.4, 0.5) is 0 Å². The van der Waals surface area contributed by atoms with Crippen molar-refractivity contribution in [2.75, 3.05) is 0 Å². The van der Waals surface area contributed by atoms with Gasteiger partial charge in [-0.3, -0.25) is 0 Å². The lowest BCUT2D eigenvalue weighted by atomic mass is 10.1. The van der Waals surface area contributed by atoms with E-state index in [1.807, 2.05) is 30.0 Å². The maximum atomic E-state index is 5.86. The standard InChI is InChI=1S/C15H16ClNS/c16-15-7-5-12(6-8-15)10-18-11-14-4-2-1-3-13(14)9-17/h1-8H,9-11,17H2. The van der Waals surface area contributed by atoms with Crippen molar-refractivity contribution in [2.45, 2.75) is 18.1 Å². The molecule has 0 bridgehead atoms. The molecule has 0 fully saturated rings. The van der Waals surface area contributed by atoms with Gasteiger partial charge in [-0.05, 0) is 28.8 Å². The van der Waals surface area contributed by atoms with Gasteiger partial charge in [0.25, 0.3) is 0 Å². The van der Waals surface area contributed by atoms with E-state index in [0.29, 0.717) is 6.54 Å². The Morgan fingerprint density at radius 2 is 1.56 bits per heavy atom. The Balaban J connectivity index is 1.90. The minimum Gasteiger partial charge on any atom is -0.326 e. The molecule has 2 N–H and O–H groups in total. The van der Waals surface area contributed by atoms with Crippen LogP contribution in [0.25, 0.3) is 0 Å². The Kier molecular flexibility index (Phi) is 5.12. The Morgan fingerprint density at radius 1 is 0.889 bits per heavy atom. The molecule has 18 heavy (non-hydrogen) atoms. The normalized spacial score (nSPS) is 10.6. The summed E-state index contributed by atoms with van der Waals surface area (Å²) in [6.45, 7) is 0.609. The van der Waals surface area contributed by atoms with Gasteiger partial charge in [0.15, 0.2) is 0 Å². The first-order valence-corrected chi connectivity index (χ1v) is 7.42. The number of nitrogens with two attached hydrogens (primary N) is 1. The van der Waals surface area contributed by atoms with Gasteiger partial charge in [-0.1, -0.05) is 48.0 Å². The van der Waals surface area contributed by atoms with Crippen LogP contribution >= 0.6 is 23.4 Å². The molecule has 0 radical (unpaired) electrons. The monoisotopic (exact) mass is 277 g/mol. The van der Waals surface area contributed by atoms with E-state index < -0.39 is 0 Å². The summed E-state index contributed by atoms with van der Waals surface area (Å²) in [7, 11) is 0. The minimum absolute atomic E-state index is 0.609.